The fourth-order valence-corrected chi connectivity index (χ4v) is 3.00. The van der Waals surface area contributed by atoms with E-state index in [0.717, 1.165) is 41.6 Å². The molecule has 0 amide bonds. The first-order valence-electron chi connectivity index (χ1n) is 9.22. The molecular weight excluding hydrogens is 352 g/mol. The average molecular weight is 378 g/mol. The van der Waals surface area contributed by atoms with Crippen molar-refractivity contribution < 1.29 is 4.74 Å². The summed E-state index contributed by atoms with van der Waals surface area (Å²) >= 11 is 0. The number of aromatic amines is 1. The molecule has 0 saturated heterocycles. The van der Waals surface area contributed by atoms with E-state index < -0.39 is 0 Å². The number of benzene rings is 2. The van der Waals surface area contributed by atoms with Gasteiger partial charge in [0.05, 0.1) is 7.11 Å². The molecule has 0 radical (unpaired) electrons. The van der Waals surface area contributed by atoms with Crippen LogP contribution in [0, 0.1) is 6.92 Å². The van der Waals surface area contributed by atoms with Crippen LogP contribution in [0.4, 0.5) is 0 Å². The molecule has 0 unspecified atom stereocenters. The lowest BCUT2D eigenvalue weighted by molar-refractivity contribution is 0.409. The van der Waals surface area contributed by atoms with Gasteiger partial charge in [0.1, 0.15) is 12.1 Å². The second-order valence-corrected chi connectivity index (χ2v) is 6.45. The summed E-state index contributed by atoms with van der Waals surface area (Å²) < 4.78 is 5.45. The van der Waals surface area contributed by atoms with Crippen molar-refractivity contribution in [2.75, 3.05) is 20.7 Å². The summed E-state index contributed by atoms with van der Waals surface area (Å²) in [7, 11) is 3.47. The number of hydrogen-bond donors (Lipinski definition) is 3. The van der Waals surface area contributed by atoms with Gasteiger partial charge < -0.3 is 15.4 Å². The second kappa shape index (κ2) is 9.55. The third-order valence-electron chi connectivity index (χ3n) is 4.42. The molecule has 0 fully saturated rings. The topological polar surface area (TPSA) is 87.2 Å². The van der Waals surface area contributed by atoms with E-state index in [4.69, 9.17) is 4.74 Å². The van der Waals surface area contributed by atoms with Gasteiger partial charge in [-0.2, -0.15) is 5.10 Å². The van der Waals surface area contributed by atoms with E-state index in [1.165, 1.54) is 17.5 Å². The molecule has 0 aliphatic rings. The monoisotopic (exact) mass is 378 g/mol. The standard InChI is InChI=1S/C21H26N6O/c1-15-7-8-19(28-3)17(11-15)9-10-23-21(22-2)24-13-16-5-4-6-18(12-16)20-25-14-26-27-20/h4-8,11-12,14H,9-10,13H2,1-3H3,(H2,22,23,24)(H,25,26,27). The minimum atomic E-state index is 0.662. The van der Waals surface area contributed by atoms with Crippen molar-refractivity contribution in [1.29, 1.82) is 0 Å². The largest absolute Gasteiger partial charge is 0.496 e. The van der Waals surface area contributed by atoms with Gasteiger partial charge >= 0.3 is 0 Å². The molecule has 7 heteroatoms. The first-order chi connectivity index (χ1) is 13.7. The Balaban J connectivity index is 1.53. The molecule has 0 bridgehead atoms. The zero-order valence-corrected chi connectivity index (χ0v) is 16.5. The Hall–Kier alpha value is -3.35. The van der Waals surface area contributed by atoms with E-state index in [1.54, 1.807) is 14.2 Å². The Bertz CT molecular complexity index is 920. The van der Waals surface area contributed by atoms with E-state index >= 15 is 0 Å². The van der Waals surface area contributed by atoms with Crippen LogP contribution in [0.1, 0.15) is 16.7 Å². The van der Waals surface area contributed by atoms with Gasteiger partial charge in [-0.15, -0.1) is 0 Å². The summed E-state index contributed by atoms with van der Waals surface area (Å²) in [6.45, 7) is 3.51. The van der Waals surface area contributed by atoms with E-state index in [9.17, 15) is 0 Å². The van der Waals surface area contributed by atoms with Crippen LogP contribution >= 0.6 is 0 Å². The maximum Gasteiger partial charge on any atom is 0.191 e. The van der Waals surface area contributed by atoms with Crippen LogP contribution in [0.15, 0.2) is 53.8 Å². The first-order valence-corrected chi connectivity index (χ1v) is 9.22. The Morgan fingerprint density at radius 3 is 2.82 bits per heavy atom. The van der Waals surface area contributed by atoms with Crippen molar-refractivity contribution in [2.45, 2.75) is 19.9 Å². The molecule has 1 aromatic heterocycles. The van der Waals surface area contributed by atoms with E-state index in [1.807, 2.05) is 18.2 Å². The molecule has 2 aromatic carbocycles. The van der Waals surface area contributed by atoms with Gasteiger partial charge in [-0.25, -0.2) is 4.98 Å². The van der Waals surface area contributed by atoms with Crippen LogP contribution in [-0.4, -0.2) is 41.8 Å². The van der Waals surface area contributed by atoms with Gasteiger partial charge in [-0.1, -0.05) is 35.9 Å². The van der Waals surface area contributed by atoms with Gasteiger partial charge in [0.2, 0.25) is 0 Å². The van der Waals surface area contributed by atoms with Crippen LogP contribution in [-0.2, 0) is 13.0 Å². The van der Waals surface area contributed by atoms with Crippen molar-refractivity contribution in [1.82, 2.24) is 25.8 Å². The normalized spacial score (nSPS) is 11.3. The fourth-order valence-electron chi connectivity index (χ4n) is 3.00. The van der Waals surface area contributed by atoms with Crippen molar-refractivity contribution in [2.24, 2.45) is 4.99 Å². The number of nitrogens with zero attached hydrogens (tertiary/aromatic N) is 3. The highest BCUT2D eigenvalue weighted by molar-refractivity contribution is 5.79. The van der Waals surface area contributed by atoms with Crippen LogP contribution < -0.4 is 15.4 Å². The van der Waals surface area contributed by atoms with E-state index in [2.05, 4.69) is 62.0 Å². The third kappa shape index (κ3) is 5.09. The summed E-state index contributed by atoms with van der Waals surface area (Å²) in [5.74, 6) is 2.44. The number of rotatable bonds is 7. The fraction of sp³-hybridized carbons (Fsp3) is 0.286. The number of ether oxygens (including phenoxy) is 1. The quantitative estimate of drug-likeness (QED) is 0.435. The van der Waals surface area contributed by atoms with E-state index in [0.29, 0.717) is 6.54 Å². The molecule has 3 rings (SSSR count). The summed E-state index contributed by atoms with van der Waals surface area (Å²) in [5.41, 5.74) is 4.55. The molecule has 1 heterocycles. The maximum atomic E-state index is 5.45. The predicted molar refractivity (Wildman–Crippen MR) is 111 cm³/mol. The van der Waals surface area contributed by atoms with Gasteiger partial charge in [0.15, 0.2) is 11.8 Å². The minimum absolute atomic E-state index is 0.662. The van der Waals surface area contributed by atoms with Gasteiger partial charge in [0, 0.05) is 25.7 Å². The number of guanidine groups is 1. The highest BCUT2D eigenvalue weighted by Gasteiger charge is 2.05. The molecule has 0 aliphatic carbocycles. The van der Waals surface area contributed by atoms with Gasteiger partial charge in [0.25, 0.3) is 0 Å². The smallest absolute Gasteiger partial charge is 0.191 e. The molecule has 3 N–H and O–H groups in total. The number of nitrogens with one attached hydrogen (secondary N) is 3. The summed E-state index contributed by atoms with van der Waals surface area (Å²) in [6, 6.07) is 14.4. The number of H-pyrrole nitrogens is 1. The van der Waals surface area contributed by atoms with Crippen molar-refractivity contribution >= 4 is 5.96 Å². The van der Waals surface area contributed by atoms with Crippen LogP contribution in [0.5, 0.6) is 5.75 Å². The van der Waals surface area contributed by atoms with Crippen molar-refractivity contribution in [3.63, 3.8) is 0 Å². The maximum absolute atomic E-state index is 5.45. The molecular formula is C21H26N6O. The molecule has 0 aliphatic heterocycles. The average Bonchev–Trinajstić information content (AvgIpc) is 3.26. The van der Waals surface area contributed by atoms with Crippen LogP contribution in [0.3, 0.4) is 0 Å². The molecule has 146 valence electrons. The molecule has 28 heavy (non-hydrogen) atoms. The molecule has 7 nitrogen and oxygen atoms in total. The SMILES string of the molecule is CN=C(NCCc1cc(C)ccc1OC)NCc1cccc(-c2ncn[nH]2)c1. The summed E-state index contributed by atoms with van der Waals surface area (Å²) in [5, 5.41) is 13.5. The lowest BCUT2D eigenvalue weighted by Gasteiger charge is -2.14. The Morgan fingerprint density at radius 2 is 2.07 bits per heavy atom. The molecule has 0 spiro atoms. The van der Waals surface area contributed by atoms with Crippen molar-refractivity contribution in [3.8, 4) is 17.1 Å². The zero-order valence-electron chi connectivity index (χ0n) is 16.5. The van der Waals surface area contributed by atoms with Crippen LogP contribution in [0.2, 0.25) is 0 Å². The number of aryl methyl sites for hydroxylation is 1. The van der Waals surface area contributed by atoms with Crippen molar-refractivity contribution in [3.05, 3.63) is 65.5 Å². The Labute approximate surface area is 165 Å². The van der Waals surface area contributed by atoms with Crippen LogP contribution in [0.25, 0.3) is 11.4 Å². The number of hydrogen-bond acceptors (Lipinski definition) is 4. The first kappa shape index (κ1) is 19.4. The second-order valence-electron chi connectivity index (χ2n) is 6.45. The zero-order chi connectivity index (χ0) is 19.8. The highest BCUT2D eigenvalue weighted by Crippen LogP contribution is 2.19. The number of aromatic nitrogens is 3. The Kier molecular flexibility index (Phi) is 6.62. The van der Waals surface area contributed by atoms with E-state index in [-0.39, 0.29) is 0 Å². The Morgan fingerprint density at radius 1 is 1.18 bits per heavy atom. The molecule has 0 saturated carbocycles. The van der Waals surface area contributed by atoms with Gasteiger partial charge in [-0.3, -0.25) is 10.1 Å². The summed E-state index contributed by atoms with van der Waals surface area (Å²) in [6.07, 6.45) is 2.36. The number of aliphatic imine (C=N–C) groups is 1. The lowest BCUT2D eigenvalue weighted by Crippen LogP contribution is -2.37. The third-order valence-corrected chi connectivity index (χ3v) is 4.42. The predicted octanol–water partition coefficient (Wildman–Crippen LogP) is 2.70. The minimum Gasteiger partial charge on any atom is -0.496 e. The lowest BCUT2D eigenvalue weighted by atomic mass is 10.1. The summed E-state index contributed by atoms with van der Waals surface area (Å²) in [4.78, 5) is 8.50. The highest BCUT2D eigenvalue weighted by atomic mass is 16.5. The molecule has 3 aromatic rings. The van der Waals surface area contributed by atoms with Gasteiger partial charge in [-0.05, 0) is 36.6 Å². The number of methoxy groups -OCH3 is 1. The molecule has 0 atom stereocenters.